The van der Waals surface area contributed by atoms with E-state index in [9.17, 15) is 24.5 Å². The lowest BCUT2D eigenvalue weighted by Gasteiger charge is -2.29. The molecular formula is C25H21N3O7. The quantitative estimate of drug-likeness (QED) is 0.281. The Morgan fingerprint density at radius 3 is 2.51 bits per heavy atom. The van der Waals surface area contributed by atoms with Gasteiger partial charge in [-0.2, -0.15) is 0 Å². The summed E-state index contributed by atoms with van der Waals surface area (Å²) in [6.07, 6.45) is 0.338. The number of carbonyl (C=O) groups is 3. The molecule has 6 unspecified atom stereocenters. The lowest BCUT2D eigenvalue weighted by atomic mass is 9.71. The monoisotopic (exact) mass is 475 g/mol. The average molecular weight is 475 g/mol. The van der Waals surface area contributed by atoms with E-state index in [2.05, 4.69) is 5.16 Å². The molecule has 4 aliphatic rings. The Labute approximate surface area is 199 Å². The van der Waals surface area contributed by atoms with Crippen LogP contribution in [0.3, 0.4) is 0 Å². The number of benzene rings is 2. The molecule has 10 heteroatoms. The van der Waals surface area contributed by atoms with Crippen LogP contribution in [0.4, 0.5) is 11.4 Å². The van der Waals surface area contributed by atoms with Crippen molar-refractivity contribution in [2.45, 2.75) is 19.4 Å². The lowest BCUT2D eigenvalue weighted by molar-refractivity contribution is -0.384. The Balaban J connectivity index is 1.28. The van der Waals surface area contributed by atoms with E-state index >= 15 is 0 Å². The predicted octanol–water partition coefficient (Wildman–Crippen LogP) is 2.95. The smallest absolute Gasteiger partial charge is 0.338 e. The van der Waals surface area contributed by atoms with Crippen LogP contribution in [0.2, 0.25) is 0 Å². The van der Waals surface area contributed by atoms with E-state index in [1.807, 2.05) is 0 Å². The lowest BCUT2D eigenvalue weighted by Crippen LogP contribution is -2.41. The molecule has 2 aliphatic carbocycles. The summed E-state index contributed by atoms with van der Waals surface area (Å²) >= 11 is 0. The third-order valence-electron chi connectivity index (χ3n) is 7.68. The molecule has 6 rings (SSSR count). The van der Waals surface area contributed by atoms with Crippen LogP contribution in [-0.2, 0) is 19.2 Å². The third kappa shape index (κ3) is 3.02. The normalized spacial score (nSPS) is 30.1. The molecule has 3 fully saturated rings. The van der Waals surface area contributed by atoms with Gasteiger partial charge in [-0.3, -0.25) is 24.6 Å². The number of amides is 2. The van der Waals surface area contributed by atoms with E-state index in [0.29, 0.717) is 28.9 Å². The van der Waals surface area contributed by atoms with Gasteiger partial charge >= 0.3 is 5.97 Å². The van der Waals surface area contributed by atoms with Crippen LogP contribution in [0, 0.1) is 39.7 Å². The zero-order valence-corrected chi connectivity index (χ0v) is 18.7. The number of oxime groups is 1. The molecule has 178 valence electrons. The summed E-state index contributed by atoms with van der Waals surface area (Å²) in [5, 5.41) is 15.5. The van der Waals surface area contributed by atoms with Crippen LogP contribution in [0.5, 0.6) is 0 Å². The van der Waals surface area contributed by atoms with Crippen LogP contribution in [0.1, 0.15) is 29.3 Å². The summed E-state index contributed by atoms with van der Waals surface area (Å²) < 4.78 is 4.99. The van der Waals surface area contributed by atoms with Crippen molar-refractivity contribution >= 4 is 34.9 Å². The van der Waals surface area contributed by atoms with E-state index in [-0.39, 0.29) is 48.0 Å². The number of hydrogen-bond donors (Lipinski definition) is 0. The van der Waals surface area contributed by atoms with Gasteiger partial charge in [-0.1, -0.05) is 17.3 Å². The van der Waals surface area contributed by atoms with Gasteiger partial charge in [0.15, 0.2) is 0 Å². The van der Waals surface area contributed by atoms with Crippen molar-refractivity contribution < 1.29 is 28.9 Å². The molecule has 2 bridgehead atoms. The van der Waals surface area contributed by atoms with Crippen molar-refractivity contribution in [1.29, 1.82) is 0 Å². The fourth-order valence-electron chi connectivity index (χ4n) is 6.36. The Bertz CT molecular complexity index is 1300. The minimum atomic E-state index is -0.496. The minimum Gasteiger partial charge on any atom is -0.462 e. The van der Waals surface area contributed by atoms with Gasteiger partial charge in [0.05, 0.1) is 40.3 Å². The van der Waals surface area contributed by atoms with Crippen molar-refractivity contribution in [3.05, 3.63) is 69.8 Å². The van der Waals surface area contributed by atoms with Gasteiger partial charge < -0.3 is 9.57 Å². The Hall–Kier alpha value is -4.08. The largest absolute Gasteiger partial charge is 0.462 e. The molecule has 0 aromatic heterocycles. The number of anilines is 1. The molecule has 2 aromatic rings. The third-order valence-corrected chi connectivity index (χ3v) is 7.68. The SMILES string of the molecule is CCOC(=O)c1ccc(N2C(=O)C3C4CC(C5C(c6cccc([N+](=O)[O-])c6)=NOC45)C3C2=O)cc1. The number of hydrogen-bond acceptors (Lipinski definition) is 8. The van der Waals surface area contributed by atoms with Gasteiger partial charge in [0.25, 0.3) is 5.69 Å². The second-order valence-corrected chi connectivity index (χ2v) is 9.27. The number of nitro benzene ring substituents is 1. The average Bonchev–Trinajstić information content (AvgIpc) is 3.60. The summed E-state index contributed by atoms with van der Waals surface area (Å²) in [7, 11) is 0. The Morgan fingerprint density at radius 2 is 1.83 bits per heavy atom. The maximum atomic E-state index is 13.5. The molecule has 2 saturated carbocycles. The summed E-state index contributed by atoms with van der Waals surface area (Å²) in [5.41, 5.74) is 1.91. The van der Waals surface area contributed by atoms with Gasteiger partial charge in [0.1, 0.15) is 6.10 Å². The van der Waals surface area contributed by atoms with Crippen LogP contribution < -0.4 is 4.90 Å². The van der Waals surface area contributed by atoms with Crippen LogP contribution in [-0.4, -0.2) is 41.1 Å². The molecule has 2 aliphatic heterocycles. The van der Waals surface area contributed by atoms with Gasteiger partial charge in [0.2, 0.25) is 11.8 Å². The topological polar surface area (TPSA) is 128 Å². The number of nitro groups is 1. The second kappa shape index (κ2) is 7.72. The van der Waals surface area contributed by atoms with Crippen LogP contribution in [0.15, 0.2) is 53.7 Å². The molecule has 0 radical (unpaired) electrons. The summed E-state index contributed by atoms with van der Waals surface area (Å²) in [5.74, 6) is -2.48. The molecule has 35 heavy (non-hydrogen) atoms. The molecular weight excluding hydrogens is 454 g/mol. The molecule has 2 aromatic carbocycles. The summed E-state index contributed by atoms with van der Waals surface area (Å²) in [6, 6.07) is 12.5. The number of ether oxygens (including phenoxy) is 1. The first-order valence-corrected chi connectivity index (χ1v) is 11.5. The minimum absolute atomic E-state index is 0.0424. The van der Waals surface area contributed by atoms with E-state index in [1.165, 1.54) is 17.0 Å². The number of esters is 1. The van der Waals surface area contributed by atoms with Gasteiger partial charge in [-0.25, -0.2) is 4.79 Å². The number of nitrogens with zero attached hydrogens (tertiary/aromatic N) is 3. The van der Waals surface area contributed by atoms with Gasteiger partial charge in [0, 0.05) is 29.5 Å². The van der Waals surface area contributed by atoms with Gasteiger partial charge in [-0.05, 0) is 43.5 Å². The first-order chi connectivity index (χ1) is 16.9. The number of fused-ring (bicyclic) bond motifs is 8. The van der Waals surface area contributed by atoms with Crippen molar-refractivity contribution in [2.75, 3.05) is 11.5 Å². The number of carbonyl (C=O) groups excluding carboxylic acids is 3. The van der Waals surface area contributed by atoms with Gasteiger partial charge in [-0.15, -0.1) is 0 Å². The highest BCUT2D eigenvalue weighted by molar-refractivity contribution is 6.23. The highest BCUT2D eigenvalue weighted by Crippen LogP contribution is 2.62. The van der Waals surface area contributed by atoms with E-state index in [1.54, 1.807) is 43.3 Å². The maximum absolute atomic E-state index is 13.5. The standard InChI is InChI=1S/C25H21N3O7/c1-2-34-25(31)12-6-8-14(9-7-12)27-23(29)18-16-11-17(19(18)24(27)30)22-20(16)21(26-35-22)13-4-3-5-15(10-13)28(32)33/h3-10,16-20,22H,2,11H2,1H3. The summed E-state index contributed by atoms with van der Waals surface area (Å²) in [6.45, 7) is 1.97. The van der Waals surface area contributed by atoms with Crippen molar-refractivity contribution in [2.24, 2.45) is 34.7 Å². The first kappa shape index (κ1) is 21.5. The van der Waals surface area contributed by atoms with Crippen molar-refractivity contribution in [3.8, 4) is 0 Å². The van der Waals surface area contributed by atoms with E-state index < -0.39 is 22.7 Å². The van der Waals surface area contributed by atoms with Crippen molar-refractivity contribution in [1.82, 2.24) is 0 Å². The molecule has 0 N–H and O–H groups in total. The van der Waals surface area contributed by atoms with E-state index in [4.69, 9.17) is 9.57 Å². The maximum Gasteiger partial charge on any atom is 0.338 e. The molecule has 2 heterocycles. The molecule has 10 nitrogen and oxygen atoms in total. The van der Waals surface area contributed by atoms with Crippen molar-refractivity contribution in [3.63, 3.8) is 0 Å². The fraction of sp³-hybridized carbons (Fsp3) is 0.360. The highest BCUT2D eigenvalue weighted by atomic mass is 16.6. The Morgan fingerprint density at radius 1 is 1.11 bits per heavy atom. The highest BCUT2D eigenvalue weighted by Gasteiger charge is 2.70. The molecule has 1 saturated heterocycles. The zero-order valence-electron chi connectivity index (χ0n) is 18.7. The summed E-state index contributed by atoms with van der Waals surface area (Å²) in [4.78, 5) is 56.6. The fourth-order valence-corrected chi connectivity index (χ4v) is 6.36. The number of rotatable bonds is 5. The first-order valence-electron chi connectivity index (χ1n) is 11.5. The number of imide groups is 1. The van der Waals surface area contributed by atoms with Crippen LogP contribution >= 0.6 is 0 Å². The van der Waals surface area contributed by atoms with Crippen LogP contribution in [0.25, 0.3) is 0 Å². The molecule has 2 amide bonds. The second-order valence-electron chi connectivity index (χ2n) is 9.27. The number of non-ortho nitro benzene ring substituents is 1. The zero-order chi connectivity index (χ0) is 24.4. The van der Waals surface area contributed by atoms with E-state index in [0.717, 1.165) is 0 Å². The molecule has 6 atom stereocenters. The Kier molecular flexibility index (Phi) is 4.73. The predicted molar refractivity (Wildman–Crippen MR) is 121 cm³/mol. The molecule has 0 spiro atoms.